The van der Waals surface area contributed by atoms with E-state index in [9.17, 15) is 4.39 Å². The van der Waals surface area contributed by atoms with Crippen LogP contribution in [0.15, 0.2) is 18.2 Å². The summed E-state index contributed by atoms with van der Waals surface area (Å²) in [4.78, 5) is 0. The van der Waals surface area contributed by atoms with E-state index in [0.29, 0.717) is 17.0 Å². The average molecular weight is 195 g/mol. The Morgan fingerprint density at radius 2 is 2.21 bits per heavy atom. The van der Waals surface area contributed by atoms with Crippen molar-refractivity contribution in [3.05, 3.63) is 35.1 Å². The highest BCUT2D eigenvalue weighted by atomic mass is 19.1. The normalized spacial score (nSPS) is 18.2. The van der Waals surface area contributed by atoms with E-state index in [1.54, 1.807) is 12.1 Å². The van der Waals surface area contributed by atoms with Crippen LogP contribution in [-0.4, -0.2) is 5.11 Å². The summed E-state index contributed by atoms with van der Waals surface area (Å²) < 4.78 is 13.5. The highest BCUT2D eigenvalue weighted by Gasteiger charge is 2.30. The monoisotopic (exact) mass is 195 g/mol. The maximum Gasteiger partial charge on any atom is 0.128 e. The fourth-order valence-electron chi connectivity index (χ4n) is 1.65. The molecule has 0 radical (unpaired) electrons. The third-order valence-electron chi connectivity index (χ3n) is 2.74. The molecule has 3 heteroatoms. The van der Waals surface area contributed by atoms with E-state index in [4.69, 9.17) is 10.8 Å². The van der Waals surface area contributed by atoms with Crippen LogP contribution in [-0.2, 0) is 6.61 Å². The number of halogens is 1. The van der Waals surface area contributed by atoms with E-state index in [0.717, 1.165) is 12.8 Å². The molecule has 0 bridgehead atoms. The van der Waals surface area contributed by atoms with Crippen LogP contribution >= 0.6 is 0 Å². The Balaban J connectivity index is 2.24. The van der Waals surface area contributed by atoms with Gasteiger partial charge in [-0.15, -0.1) is 0 Å². The van der Waals surface area contributed by atoms with Gasteiger partial charge in [-0.05, 0) is 30.4 Å². The van der Waals surface area contributed by atoms with Crippen LogP contribution in [0.2, 0.25) is 0 Å². The first-order valence-corrected chi connectivity index (χ1v) is 4.87. The van der Waals surface area contributed by atoms with Crippen molar-refractivity contribution in [2.45, 2.75) is 25.5 Å². The molecule has 1 aromatic rings. The predicted molar refractivity (Wildman–Crippen MR) is 52.0 cm³/mol. The molecule has 1 unspecified atom stereocenters. The van der Waals surface area contributed by atoms with Gasteiger partial charge in [0.2, 0.25) is 0 Å². The third-order valence-corrected chi connectivity index (χ3v) is 2.74. The standard InChI is InChI=1S/C11H14FNO/c12-10-5-7(6-14)1-4-9(10)11(13)8-2-3-8/h1,4-5,8,11,14H,2-3,6,13H2. The van der Waals surface area contributed by atoms with Gasteiger partial charge in [0, 0.05) is 11.6 Å². The van der Waals surface area contributed by atoms with Crippen molar-refractivity contribution >= 4 is 0 Å². The number of benzene rings is 1. The van der Waals surface area contributed by atoms with Gasteiger partial charge in [0.1, 0.15) is 5.82 Å². The van der Waals surface area contributed by atoms with Crippen LogP contribution in [0.4, 0.5) is 4.39 Å². The third kappa shape index (κ3) is 1.79. The molecule has 0 aromatic heterocycles. The van der Waals surface area contributed by atoms with Gasteiger partial charge in [-0.1, -0.05) is 12.1 Å². The molecule has 14 heavy (non-hydrogen) atoms. The van der Waals surface area contributed by atoms with Gasteiger partial charge in [-0.3, -0.25) is 0 Å². The second-order valence-electron chi connectivity index (χ2n) is 3.88. The zero-order valence-corrected chi connectivity index (χ0v) is 7.91. The van der Waals surface area contributed by atoms with Gasteiger partial charge in [-0.2, -0.15) is 0 Å². The summed E-state index contributed by atoms with van der Waals surface area (Å²) in [5.74, 6) is 0.153. The van der Waals surface area contributed by atoms with Gasteiger partial charge in [-0.25, -0.2) is 4.39 Å². The number of nitrogens with two attached hydrogens (primary N) is 1. The zero-order chi connectivity index (χ0) is 10.1. The second-order valence-corrected chi connectivity index (χ2v) is 3.88. The largest absolute Gasteiger partial charge is 0.392 e. The Kier molecular flexibility index (Phi) is 2.52. The Hall–Kier alpha value is -0.930. The van der Waals surface area contributed by atoms with Crippen LogP contribution < -0.4 is 5.73 Å². The average Bonchev–Trinajstić information content (AvgIpc) is 3.00. The molecule has 76 valence electrons. The molecule has 3 N–H and O–H groups in total. The molecule has 2 nitrogen and oxygen atoms in total. The number of aliphatic hydroxyl groups excluding tert-OH is 1. The van der Waals surface area contributed by atoms with Gasteiger partial charge >= 0.3 is 0 Å². The first kappa shape index (κ1) is 9.62. The topological polar surface area (TPSA) is 46.2 Å². The molecule has 0 amide bonds. The minimum absolute atomic E-state index is 0.129. The quantitative estimate of drug-likeness (QED) is 0.771. The van der Waals surface area contributed by atoms with Crippen LogP contribution in [0.5, 0.6) is 0 Å². The van der Waals surface area contributed by atoms with E-state index in [1.165, 1.54) is 6.07 Å². The summed E-state index contributed by atoms with van der Waals surface area (Å²) in [6.07, 6.45) is 2.20. The van der Waals surface area contributed by atoms with Gasteiger partial charge in [0.15, 0.2) is 0 Å². The van der Waals surface area contributed by atoms with Crippen molar-refractivity contribution in [2.24, 2.45) is 11.7 Å². The number of rotatable bonds is 3. The molecule has 0 saturated heterocycles. The molecule has 1 aromatic carbocycles. The van der Waals surface area contributed by atoms with E-state index in [-0.39, 0.29) is 18.5 Å². The van der Waals surface area contributed by atoms with Crippen molar-refractivity contribution in [1.82, 2.24) is 0 Å². The lowest BCUT2D eigenvalue weighted by Gasteiger charge is -2.12. The van der Waals surface area contributed by atoms with Crippen LogP contribution in [0, 0.1) is 11.7 Å². The Bertz CT molecular complexity index is 336. The van der Waals surface area contributed by atoms with Crippen molar-refractivity contribution in [3.63, 3.8) is 0 Å². The van der Waals surface area contributed by atoms with Gasteiger partial charge < -0.3 is 10.8 Å². The first-order chi connectivity index (χ1) is 6.72. The Morgan fingerprint density at radius 1 is 1.50 bits per heavy atom. The van der Waals surface area contributed by atoms with Gasteiger partial charge in [0.25, 0.3) is 0 Å². The van der Waals surface area contributed by atoms with Crippen LogP contribution in [0.3, 0.4) is 0 Å². The maximum atomic E-state index is 13.5. The van der Waals surface area contributed by atoms with Crippen molar-refractivity contribution in [1.29, 1.82) is 0 Å². The predicted octanol–water partition coefficient (Wildman–Crippen LogP) is 1.73. The summed E-state index contributed by atoms with van der Waals surface area (Å²) in [6.45, 7) is -0.129. The molecule has 0 spiro atoms. The van der Waals surface area contributed by atoms with Crippen molar-refractivity contribution < 1.29 is 9.50 Å². The molecule has 1 fully saturated rings. The van der Waals surface area contributed by atoms with Gasteiger partial charge in [0.05, 0.1) is 6.61 Å². The van der Waals surface area contributed by atoms with Crippen molar-refractivity contribution in [2.75, 3.05) is 0 Å². The highest BCUT2D eigenvalue weighted by Crippen LogP contribution is 2.40. The van der Waals surface area contributed by atoms with Crippen LogP contribution in [0.1, 0.15) is 30.0 Å². The lowest BCUT2D eigenvalue weighted by Crippen LogP contribution is -2.14. The highest BCUT2D eigenvalue weighted by molar-refractivity contribution is 5.27. The summed E-state index contributed by atoms with van der Waals surface area (Å²) in [6, 6.07) is 4.59. The van der Waals surface area contributed by atoms with E-state index in [2.05, 4.69) is 0 Å². The molecule has 2 rings (SSSR count). The van der Waals surface area contributed by atoms with E-state index < -0.39 is 0 Å². The molecule has 1 atom stereocenters. The fraction of sp³-hybridized carbons (Fsp3) is 0.455. The SMILES string of the molecule is NC(c1ccc(CO)cc1F)C1CC1. The summed E-state index contributed by atoms with van der Waals surface area (Å²) >= 11 is 0. The number of aliphatic hydroxyl groups is 1. The molecule has 0 aliphatic heterocycles. The lowest BCUT2D eigenvalue weighted by atomic mass is 10.0. The molecule has 1 aliphatic carbocycles. The number of hydrogen-bond donors (Lipinski definition) is 2. The summed E-state index contributed by atoms with van der Waals surface area (Å²) in [5, 5.41) is 8.82. The minimum atomic E-state index is -0.295. The smallest absolute Gasteiger partial charge is 0.128 e. The van der Waals surface area contributed by atoms with E-state index in [1.807, 2.05) is 0 Å². The Labute approximate surface area is 82.5 Å². The van der Waals surface area contributed by atoms with Crippen LogP contribution in [0.25, 0.3) is 0 Å². The maximum absolute atomic E-state index is 13.5. The molecule has 1 aliphatic rings. The van der Waals surface area contributed by atoms with Crippen molar-refractivity contribution in [3.8, 4) is 0 Å². The molecular weight excluding hydrogens is 181 g/mol. The number of hydrogen-bond acceptors (Lipinski definition) is 2. The molecule has 0 heterocycles. The first-order valence-electron chi connectivity index (χ1n) is 4.87. The molecule has 1 saturated carbocycles. The second kappa shape index (κ2) is 3.67. The minimum Gasteiger partial charge on any atom is -0.392 e. The summed E-state index contributed by atoms with van der Waals surface area (Å²) in [7, 11) is 0. The molecular formula is C11H14FNO. The van der Waals surface area contributed by atoms with E-state index >= 15 is 0 Å². The fourth-order valence-corrected chi connectivity index (χ4v) is 1.65. The lowest BCUT2D eigenvalue weighted by molar-refractivity contribution is 0.281. The zero-order valence-electron chi connectivity index (χ0n) is 7.91. The summed E-state index contributed by atoms with van der Waals surface area (Å²) in [5.41, 5.74) is 7.06. The Morgan fingerprint density at radius 3 is 2.71 bits per heavy atom.